The van der Waals surface area contributed by atoms with E-state index in [2.05, 4.69) is 21.2 Å². The van der Waals surface area contributed by atoms with Gasteiger partial charge in [0.2, 0.25) is 5.91 Å². The van der Waals surface area contributed by atoms with Crippen LogP contribution in [0.1, 0.15) is 23.2 Å². The van der Waals surface area contributed by atoms with Gasteiger partial charge in [-0.3, -0.25) is 14.4 Å². The molecule has 0 heterocycles. The number of carboxylic acid groups (broad SMARTS) is 1. The summed E-state index contributed by atoms with van der Waals surface area (Å²) in [5.74, 6) is -2.22. The molecule has 0 saturated heterocycles. The van der Waals surface area contributed by atoms with Crippen molar-refractivity contribution in [2.75, 3.05) is 5.32 Å². The molecular formula is C11H11BrN2O4. The summed E-state index contributed by atoms with van der Waals surface area (Å²) in [6.45, 7) is 0. The molecule has 0 atom stereocenters. The van der Waals surface area contributed by atoms with Crippen molar-refractivity contribution in [3.05, 3.63) is 28.2 Å². The topological polar surface area (TPSA) is 109 Å². The molecule has 0 spiro atoms. The van der Waals surface area contributed by atoms with Gasteiger partial charge in [-0.15, -0.1) is 0 Å². The second-order valence-electron chi connectivity index (χ2n) is 3.50. The number of nitrogens with one attached hydrogen (secondary N) is 1. The van der Waals surface area contributed by atoms with E-state index in [1.807, 2.05) is 0 Å². The van der Waals surface area contributed by atoms with Crippen LogP contribution in [0.2, 0.25) is 0 Å². The number of aliphatic carboxylic acids is 1. The Balaban J connectivity index is 2.81. The first-order valence-electron chi connectivity index (χ1n) is 5.01. The van der Waals surface area contributed by atoms with Crippen molar-refractivity contribution in [3.8, 4) is 0 Å². The lowest BCUT2D eigenvalue weighted by Gasteiger charge is -2.08. The number of benzene rings is 1. The van der Waals surface area contributed by atoms with Crippen LogP contribution in [0.25, 0.3) is 0 Å². The fourth-order valence-corrected chi connectivity index (χ4v) is 1.62. The Kier molecular flexibility index (Phi) is 4.85. The maximum Gasteiger partial charge on any atom is 0.303 e. The van der Waals surface area contributed by atoms with E-state index in [0.29, 0.717) is 4.47 Å². The SMILES string of the molecule is NC(=O)c1cc(Br)ccc1NC(=O)CCC(=O)O. The zero-order valence-electron chi connectivity index (χ0n) is 9.27. The fraction of sp³-hybridized carbons (Fsp3) is 0.182. The van der Waals surface area contributed by atoms with Crippen LogP contribution in [0.4, 0.5) is 5.69 Å². The molecule has 96 valence electrons. The molecule has 0 aliphatic heterocycles. The first-order chi connectivity index (χ1) is 8.40. The number of amides is 2. The van der Waals surface area contributed by atoms with Gasteiger partial charge in [0.15, 0.2) is 0 Å². The number of hydrogen-bond acceptors (Lipinski definition) is 3. The van der Waals surface area contributed by atoms with E-state index in [9.17, 15) is 14.4 Å². The van der Waals surface area contributed by atoms with Crippen LogP contribution in [0.3, 0.4) is 0 Å². The van der Waals surface area contributed by atoms with E-state index in [0.717, 1.165) is 0 Å². The van der Waals surface area contributed by atoms with E-state index >= 15 is 0 Å². The molecule has 7 heteroatoms. The van der Waals surface area contributed by atoms with Gasteiger partial charge in [-0.1, -0.05) is 15.9 Å². The van der Waals surface area contributed by atoms with E-state index in [1.54, 1.807) is 6.07 Å². The summed E-state index contributed by atoms with van der Waals surface area (Å²) in [5, 5.41) is 10.9. The number of hydrogen-bond donors (Lipinski definition) is 3. The molecule has 6 nitrogen and oxygen atoms in total. The van der Waals surface area contributed by atoms with E-state index in [4.69, 9.17) is 10.8 Å². The van der Waals surface area contributed by atoms with Gasteiger partial charge in [0.05, 0.1) is 17.7 Å². The molecule has 4 N–H and O–H groups in total. The fourth-order valence-electron chi connectivity index (χ4n) is 1.26. The smallest absolute Gasteiger partial charge is 0.303 e. The molecule has 0 bridgehead atoms. The van der Waals surface area contributed by atoms with Crippen molar-refractivity contribution >= 4 is 39.4 Å². The lowest BCUT2D eigenvalue weighted by Crippen LogP contribution is -2.18. The van der Waals surface area contributed by atoms with Crippen molar-refractivity contribution in [2.45, 2.75) is 12.8 Å². The predicted octanol–water partition coefficient (Wildman–Crippen LogP) is 1.35. The van der Waals surface area contributed by atoms with Crippen LogP contribution < -0.4 is 11.1 Å². The number of rotatable bonds is 5. The number of primary amides is 1. The van der Waals surface area contributed by atoms with Gasteiger partial charge in [0.25, 0.3) is 5.91 Å². The van der Waals surface area contributed by atoms with E-state index < -0.39 is 17.8 Å². The lowest BCUT2D eigenvalue weighted by molar-refractivity contribution is -0.138. The third kappa shape index (κ3) is 4.17. The summed E-state index contributed by atoms with van der Waals surface area (Å²) in [7, 11) is 0. The largest absolute Gasteiger partial charge is 0.481 e. The zero-order valence-corrected chi connectivity index (χ0v) is 10.9. The number of carboxylic acids is 1. The van der Waals surface area contributed by atoms with Gasteiger partial charge in [0, 0.05) is 10.9 Å². The standard InChI is InChI=1S/C11H11BrN2O4/c12-6-1-2-8(7(5-6)11(13)18)14-9(15)3-4-10(16)17/h1-2,5H,3-4H2,(H2,13,18)(H,14,15)(H,16,17). The van der Waals surface area contributed by atoms with E-state index in [-0.39, 0.29) is 24.1 Å². The average molecular weight is 315 g/mol. The molecule has 1 aromatic carbocycles. The normalized spacial score (nSPS) is 9.83. The highest BCUT2D eigenvalue weighted by atomic mass is 79.9. The molecule has 0 aliphatic carbocycles. The van der Waals surface area contributed by atoms with Crippen molar-refractivity contribution in [1.29, 1.82) is 0 Å². The monoisotopic (exact) mass is 314 g/mol. The van der Waals surface area contributed by atoms with Crippen LogP contribution in [-0.4, -0.2) is 22.9 Å². The molecule has 2 amide bonds. The molecular weight excluding hydrogens is 304 g/mol. The van der Waals surface area contributed by atoms with Gasteiger partial charge in [0.1, 0.15) is 0 Å². The van der Waals surface area contributed by atoms with Crippen LogP contribution in [0.5, 0.6) is 0 Å². The minimum atomic E-state index is -1.06. The Hall–Kier alpha value is -1.89. The predicted molar refractivity (Wildman–Crippen MR) is 68.2 cm³/mol. The number of carbonyl (C=O) groups excluding carboxylic acids is 2. The number of anilines is 1. The summed E-state index contributed by atoms with van der Waals surface area (Å²) < 4.78 is 0.653. The first-order valence-corrected chi connectivity index (χ1v) is 5.80. The summed E-state index contributed by atoms with van der Waals surface area (Å²) in [5.41, 5.74) is 5.60. The van der Waals surface area contributed by atoms with Gasteiger partial charge >= 0.3 is 5.97 Å². The molecule has 0 aromatic heterocycles. The van der Waals surface area contributed by atoms with Crippen LogP contribution in [0, 0.1) is 0 Å². The maximum atomic E-state index is 11.4. The van der Waals surface area contributed by atoms with Gasteiger partial charge in [-0.25, -0.2) is 0 Å². The quantitative estimate of drug-likeness (QED) is 0.762. The molecule has 0 saturated carbocycles. The highest BCUT2D eigenvalue weighted by molar-refractivity contribution is 9.10. The first kappa shape index (κ1) is 14.2. The second kappa shape index (κ2) is 6.15. The molecule has 18 heavy (non-hydrogen) atoms. The summed E-state index contributed by atoms with van der Waals surface area (Å²) >= 11 is 3.18. The summed E-state index contributed by atoms with van der Waals surface area (Å²) in [6, 6.07) is 4.64. The highest BCUT2D eigenvalue weighted by Gasteiger charge is 2.12. The third-order valence-corrected chi connectivity index (χ3v) is 2.58. The Bertz CT molecular complexity index is 502. The van der Waals surface area contributed by atoms with Crippen molar-refractivity contribution in [3.63, 3.8) is 0 Å². The van der Waals surface area contributed by atoms with Gasteiger partial charge < -0.3 is 16.2 Å². The van der Waals surface area contributed by atoms with Crippen LogP contribution in [-0.2, 0) is 9.59 Å². The number of carbonyl (C=O) groups is 3. The minimum Gasteiger partial charge on any atom is -0.481 e. The lowest BCUT2D eigenvalue weighted by atomic mass is 10.1. The molecule has 0 aliphatic rings. The summed E-state index contributed by atoms with van der Waals surface area (Å²) in [6.07, 6.45) is -0.433. The number of nitrogens with two attached hydrogens (primary N) is 1. The molecule has 0 unspecified atom stereocenters. The van der Waals surface area contributed by atoms with Crippen LogP contribution in [0.15, 0.2) is 22.7 Å². The molecule has 0 radical (unpaired) electrons. The van der Waals surface area contributed by atoms with Crippen molar-refractivity contribution in [2.24, 2.45) is 5.73 Å². The molecule has 1 aromatic rings. The molecule has 0 fully saturated rings. The molecule has 1 rings (SSSR count). The van der Waals surface area contributed by atoms with Crippen LogP contribution >= 0.6 is 15.9 Å². The minimum absolute atomic E-state index is 0.160. The third-order valence-electron chi connectivity index (χ3n) is 2.09. The summed E-state index contributed by atoms with van der Waals surface area (Å²) in [4.78, 5) is 32.9. The van der Waals surface area contributed by atoms with Gasteiger partial charge in [-0.05, 0) is 18.2 Å². The average Bonchev–Trinajstić information content (AvgIpc) is 2.28. The Labute approximate surface area is 111 Å². The van der Waals surface area contributed by atoms with Crippen molar-refractivity contribution < 1.29 is 19.5 Å². The Morgan fingerprint density at radius 1 is 1.28 bits per heavy atom. The second-order valence-corrected chi connectivity index (χ2v) is 4.41. The van der Waals surface area contributed by atoms with E-state index in [1.165, 1.54) is 12.1 Å². The number of halogens is 1. The Morgan fingerprint density at radius 2 is 1.94 bits per heavy atom. The highest BCUT2D eigenvalue weighted by Crippen LogP contribution is 2.20. The van der Waals surface area contributed by atoms with Gasteiger partial charge in [-0.2, -0.15) is 0 Å². The zero-order chi connectivity index (χ0) is 13.7. The van der Waals surface area contributed by atoms with Crippen molar-refractivity contribution in [1.82, 2.24) is 0 Å². The maximum absolute atomic E-state index is 11.4. The Morgan fingerprint density at radius 3 is 2.50 bits per heavy atom.